The zero-order chi connectivity index (χ0) is 11.7. The van der Waals surface area contributed by atoms with E-state index in [1.807, 2.05) is 30.3 Å². The van der Waals surface area contributed by atoms with Gasteiger partial charge >= 0.3 is 0 Å². The molecule has 0 bridgehead atoms. The van der Waals surface area contributed by atoms with Crippen LogP contribution in [0.4, 0.5) is 0 Å². The Hall–Kier alpha value is -1.38. The number of Topliss-reactive ketones (excluding diaryl/α,β-unsaturated/α-hetero) is 1. The van der Waals surface area contributed by atoms with Gasteiger partial charge in [0.25, 0.3) is 0 Å². The van der Waals surface area contributed by atoms with Gasteiger partial charge < -0.3 is 5.73 Å². The number of rotatable bonds is 2. The second-order valence-corrected chi connectivity index (χ2v) is 4.30. The van der Waals surface area contributed by atoms with Gasteiger partial charge in [-0.25, -0.2) is 0 Å². The van der Waals surface area contributed by atoms with Crippen LogP contribution in [0.1, 0.15) is 17.3 Å². The third kappa shape index (κ3) is 2.08. The molecule has 2 aromatic rings. The van der Waals surface area contributed by atoms with E-state index in [1.54, 1.807) is 13.0 Å². The summed E-state index contributed by atoms with van der Waals surface area (Å²) in [6, 6.07) is 10.6. The van der Waals surface area contributed by atoms with E-state index < -0.39 is 6.04 Å². The highest BCUT2D eigenvalue weighted by Crippen LogP contribution is 2.21. The van der Waals surface area contributed by atoms with Gasteiger partial charge in [0, 0.05) is 10.6 Å². The van der Waals surface area contributed by atoms with Crippen LogP contribution in [0.25, 0.3) is 10.8 Å². The van der Waals surface area contributed by atoms with Gasteiger partial charge in [-0.05, 0) is 35.9 Å². The van der Waals surface area contributed by atoms with E-state index in [-0.39, 0.29) is 5.78 Å². The third-order valence-electron chi connectivity index (χ3n) is 2.50. The monoisotopic (exact) mass is 233 g/mol. The van der Waals surface area contributed by atoms with Crippen LogP contribution in [0, 0.1) is 0 Å². The quantitative estimate of drug-likeness (QED) is 0.811. The molecule has 0 aromatic heterocycles. The maximum absolute atomic E-state index is 11.7. The lowest BCUT2D eigenvalue weighted by Crippen LogP contribution is -2.26. The first-order valence-corrected chi connectivity index (χ1v) is 5.45. The van der Waals surface area contributed by atoms with Gasteiger partial charge in [0.2, 0.25) is 0 Å². The van der Waals surface area contributed by atoms with E-state index in [1.165, 1.54) is 0 Å². The molecular formula is C13H12ClNO. The molecule has 2 aromatic carbocycles. The molecule has 1 atom stereocenters. The third-order valence-corrected chi connectivity index (χ3v) is 2.74. The molecule has 0 spiro atoms. The normalized spacial score (nSPS) is 12.7. The van der Waals surface area contributed by atoms with Crippen LogP contribution >= 0.6 is 11.6 Å². The van der Waals surface area contributed by atoms with E-state index in [0.29, 0.717) is 10.6 Å². The molecule has 0 saturated carbocycles. The summed E-state index contributed by atoms with van der Waals surface area (Å²) in [5.41, 5.74) is 6.21. The first-order chi connectivity index (χ1) is 7.58. The van der Waals surface area contributed by atoms with Crippen LogP contribution in [0.3, 0.4) is 0 Å². The van der Waals surface area contributed by atoms with E-state index in [4.69, 9.17) is 17.3 Å². The van der Waals surface area contributed by atoms with Gasteiger partial charge in [-0.15, -0.1) is 0 Å². The number of hydrogen-bond acceptors (Lipinski definition) is 2. The van der Waals surface area contributed by atoms with Crippen LogP contribution < -0.4 is 5.73 Å². The predicted molar refractivity (Wildman–Crippen MR) is 66.9 cm³/mol. The van der Waals surface area contributed by atoms with Crippen LogP contribution in [0.2, 0.25) is 5.02 Å². The first-order valence-electron chi connectivity index (χ1n) is 5.07. The molecule has 0 aliphatic rings. The highest BCUT2D eigenvalue weighted by atomic mass is 35.5. The number of carbonyl (C=O) groups excluding carboxylic acids is 1. The van der Waals surface area contributed by atoms with E-state index >= 15 is 0 Å². The molecular weight excluding hydrogens is 222 g/mol. The summed E-state index contributed by atoms with van der Waals surface area (Å²) < 4.78 is 0. The summed E-state index contributed by atoms with van der Waals surface area (Å²) in [7, 11) is 0. The summed E-state index contributed by atoms with van der Waals surface area (Å²) in [6.45, 7) is 1.69. The van der Waals surface area contributed by atoms with Gasteiger partial charge in [0.05, 0.1) is 6.04 Å². The van der Waals surface area contributed by atoms with Crippen molar-refractivity contribution in [3.05, 3.63) is 47.0 Å². The molecule has 2 nitrogen and oxygen atoms in total. The number of halogens is 1. The minimum Gasteiger partial charge on any atom is -0.321 e. The number of hydrogen-bond donors (Lipinski definition) is 1. The first kappa shape index (κ1) is 11.1. The van der Waals surface area contributed by atoms with Crippen molar-refractivity contribution in [2.24, 2.45) is 5.73 Å². The minimum absolute atomic E-state index is 0.0446. The fourth-order valence-corrected chi connectivity index (χ4v) is 1.81. The van der Waals surface area contributed by atoms with Crippen molar-refractivity contribution in [2.45, 2.75) is 13.0 Å². The standard InChI is InChI=1S/C13H12ClNO/c1-8(15)13(16)11-3-2-10-7-12(14)5-4-9(10)6-11/h2-8H,15H2,1H3. The molecule has 1 unspecified atom stereocenters. The van der Waals surface area contributed by atoms with Crippen LogP contribution in [-0.2, 0) is 0 Å². The lowest BCUT2D eigenvalue weighted by atomic mass is 10.0. The molecule has 0 aliphatic carbocycles. The fraction of sp³-hybridized carbons (Fsp3) is 0.154. The Morgan fingerprint density at radius 1 is 1.19 bits per heavy atom. The average molecular weight is 234 g/mol. The van der Waals surface area contributed by atoms with Crippen molar-refractivity contribution in [3.8, 4) is 0 Å². The Morgan fingerprint density at radius 3 is 2.50 bits per heavy atom. The molecule has 0 aliphatic heterocycles. The average Bonchev–Trinajstić information content (AvgIpc) is 2.27. The molecule has 0 fully saturated rings. The molecule has 0 heterocycles. The zero-order valence-corrected chi connectivity index (χ0v) is 9.66. The van der Waals surface area contributed by atoms with Crippen molar-refractivity contribution in [1.82, 2.24) is 0 Å². The number of fused-ring (bicyclic) bond motifs is 1. The smallest absolute Gasteiger partial charge is 0.179 e. The van der Waals surface area contributed by atoms with Gasteiger partial charge in [-0.1, -0.05) is 29.8 Å². The Balaban J connectivity index is 2.52. The van der Waals surface area contributed by atoms with E-state index in [2.05, 4.69) is 0 Å². The van der Waals surface area contributed by atoms with Gasteiger partial charge in [0.15, 0.2) is 5.78 Å². The Morgan fingerprint density at radius 2 is 1.81 bits per heavy atom. The maximum atomic E-state index is 11.7. The van der Waals surface area contributed by atoms with Gasteiger partial charge in [-0.3, -0.25) is 4.79 Å². The fourth-order valence-electron chi connectivity index (χ4n) is 1.63. The molecule has 82 valence electrons. The lowest BCUT2D eigenvalue weighted by molar-refractivity contribution is 0.0968. The van der Waals surface area contributed by atoms with Crippen molar-refractivity contribution >= 4 is 28.2 Å². The summed E-state index contributed by atoms with van der Waals surface area (Å²) in [5.74, 6) is -0.0446. The van der Waals surface area contributed by atoms with Gasteiger partial charge in [0.1, 0.15) is 0 Å². The number of benzene rings is 2. The topological polar surface area (TPSA) is 43.1 Å². The molecule has 2 rings (SSSR count). The number of nitrogens with two attached hydrogens (primary N) is 1. The van der Waals surface area contributed by atoms with Crippen molar-refractivity contribution in [2.75, 3.05) is 0 Å². The zero-order valence-electron chi connectivity index (χ0n) is 8.91. The van der Waals surface area contributed by atoms with E-state index in [0.717, 1.165) is 10.8 Å². The molecule has 3 heteroatoms. The summed E-state index contributed by atoms with van der Waals surface area (Å²) in [6.07, 6.45) is 0. The molecule has 16 heavy (non-hydrogen) atoms. The Bertz CT molecular complexity index is 549. The molecule has 2 N–H and O–H groups in total. The highest BCUT2D eigenvalue weighted by molar-refractivity contribution is 6.31. The van der Waals surface area contributed by atoms with Crippen LogP contribution in [0.5, 0.6) is 0 Å². The van der Waals surface area contributed by atoms with Crippen LogP contribution in [-0.4, -0.2) is 11.8 Å². The van der Waals surface area contributed by atoms with Crippen LogP contribution in [0.15, 0.2) is 36.4 Å². The number of carbonyl (C=O) groups is 1. The molecule has 0 amide bonds. The predicted octanol–water partition coefficient (Wildman–Crippen LogP) is 3.02. The second-order valence-electron chi connectivity index (χ2n) is 3.86. The largest absolute Gasteiger partial charge is 0.321 e. The summed E-state index contributed by atoms with van der Waals surface area (Å²) >= 11 is 5.88. The minimum atomic E-state index is -0.468. The van der Waals surface area contributed by atoms with Crippen molar-refractivity contribution in [3.63, 3.8) is 0 Å². The lowest BCUT2D eigenvalue weighted by Gasteiger charge is -2.06. The van der Waals surface area contributed by atoms with Gasteiger partial charge in [-0.2, -0.15) is 0 Å². The highest BCUT2D eigenvalue weighted by Gasteiger charge is 2.10. The van der Waals surface area contributed by atoms with E-state index in [9.17, 15) is 4.79 Å². The van der Waals surface area contributed by atoms with Crippen molar-refractivity contribution in [1.29, 1.82) is 0 Å². The number of ketones is 1. The maximum Gasteiger partial charge on any atom is 0.179 e. The summed E-state index contributed by atoms with van der Waals surface area (Å²) in [5, 5.41) is 2.71. The SMILES string of the molecule is CC(N)C(=O)c1ccc2cc(Cl)ccc2c1. The molecule has 0 saturated heterocycles. The second kappa shape index (κ2) is 4.24. The van der Waals surface area contributed by atoms with Crippen molar-refractivity contribution < 1.29 is 4.79 Å². The molecule has 0 radical (unpaired) electrons. The summed E-state index contributed by atoms with van der Waals surface area (Å²) in [4.78, 5) is 11.7. The Labute approximate surface area is 99.0 Å². The Kier molecular flexibility index (Phi) is 2.95.